The molecule has 3 heteroatoms. The summed E-state index contributed by atoms with van der Waals surface area (Å²) in [4.78, 5) is 12.0. The molecule has 0 atom stereocenters. The molecule has 2 aromatic carbocycles. The van der Waals surface area contributed by atoms with E-state index in [1.54, 1.807) is 0 Å². The fourth-order valence-electron chi connectivity index (χ4n) is 2.44. The highest BCUT2D eigenvalue weighted by molar-refractivity contribution is 5.91. The highest BCUT2D eigenvalue weighted by Crippen LogP contribution is 2.18. The Kier molecular flexibility index (Phi) is 5.21. The van der Waals surface area contributed by atoms with Gasteiger partial charge >= 0.3 is 0 Å². The minimum Gasteiger partial charge on any atom is -0.493 e. The minimum atomic E-state index is -0.0312. The molecule has 0 spiro atoms. The Morgan fingerprint density at radius 1 is 0.955 bits per heavy atom. The average molecular weight is 297 g/mol. The third-order valence-electron chi connectivity index (χ3n) is 3.45. The molecular weight excluding hydrogens is 274 g/mol. The van der Waals surface area contributed by atoms with Crippen molar-refractivity contribution in [3.63, 3.8) is 0 Å². The number of carbonyl (C=O) groups excluding carboxylic acids is 1. The number of ether oxygens (including phenoxy) is 1. The van der Waals surface area contributed by atoms with Crippen LogP contribution in [0.15, 0.2) is 36.4 Å². The summed E-state index contributed by atoms with van der Waals surface area (Å²) in [5.74, 6) is 0.785. The molecule has 0 bridgehead atoms. The first-order valence-corrected chi connectivity index (χ1v) is 7.52. The lowest BCUT2D eigenvalue weighted by Crippen LogP contribution is -2.16. The van der Waals surface area contributed by atoms with Crippen LogP contribution in [0.4, 0.5) is 5.69 Å². The summed E-state index contributed by atoms with van der Waals surface area (Å²) >= 11 is 0. The van der Waals surface area contributed by atoms with E-state index >= 15 is 0 Å². The first-order valence-electron chi connectivity index (χ1n) is 7.52. The Hall–Kier alpha value is -2.29. The molecule has 0 unspecified atom stereocenters. The van der Waals surface area contributed by atoms with Gasteiger partial charge in [-0.2, -0.15) is 0 Å². The monoisotopic (exact) mass is 297 g/mol. The Morgan fingerprint density at radius 2 is 1.64 bits per heavy atom. The van der Waals surface area contributed by atoms with Gasteiger partial charge in [-0.1, -0.05) is 23.8 Å². The third-order valence-corrected chi connectivity index (χ3v) is 3.45. The van der Waals surface area contributed by atoms with E-state index in [-0.39, 0.29) is 5.91 Å². The van der Waals surface area contributed by atoms with Crippen LogP contribution in [0, 0.1) is 27.7 Å². The number of amides is 1. The zero-order chi connectivity index (χ0) is 16.1. The highest BCUT2D eigenvalue weighted by atomic mass is 16.5. The number of nitrogens with one attached hydrogen (secondary N) is 1. The average Bonchev–Trinajstić information content (AvgIpc) is 2.41. The van der Waals surface area contributed by atoms with Gasteiger partial charge in [0.1, 0.15) is 5.75 Å². The molecule has 0 saturated heterocycles. The number of rotatable bonds is 5. The largest absolute Gasteiger partial charge is 0.493 e. The molecule has 22 heavy (non-hydrogen) atoms. The van der Waals surface area contributed by atoms with Gasteiger partial charge in [0.25, 0.3) is 0 Å². The Morgan fingerprint density at radius 3 is 2.27 bits per heavy atom. The molecule has 0 heterocycles. The summed E-state index contributed by atoms with van der Waals surface area (Å²) in [6.45, 7) is 8.48. The van der Waals surface area contributed by atoms with Gasteiger partial charge in [-0.05, 0) is 62.6 Å². The zero-order valence-electron chi connectivity index (χ0n) is 13.7. The van der Waals surface area contributed by atoms with Crippen molar-refractivity contribution in [3.05, 3.63) is 58.7 Å². The Labute approximate surface area is 132 Å². The van der Waals surface area contributed by atoms with Crippen molar-refractivity contribution < 1.29 is 9.53 Å². The van der Waals surface area contributed by atoms with Crippen LogP contribution in [0.1, 0.15) is 28.7 Å². The normalized spacial score (nSPS) is 10.4. The van der Waals surface area contributed by atoms with E-state index in [0.29, 0.717) is 13.0 Å². The maximum Gasteiger partial charge on any atom is 0.227 e. The quantitative estimate of drug-likeness (QED) is 0.892. The van der Waals surface area contributed by atoms with Gasteiger partial charge in [0.15, 0.2) is 0 Å². The second-order valence-corrected chi connectivity index (χ2v) is 5.79. The standard InChI is InChI=1S/C19H23NO2/c1-13-5-6-18(16(4)10-13)20-19(21)7-8-22-17-11-14(2)9-15(3)12-17/h5-6,9-12H,7-8H2,1-4H3,(H,20,21). The topological polar surface area (TPSA) is 38.3 Å². The molecule has 1 N–H and O–H groups in total. The number of anilines is 1. The molecule has 1 amide bonds. The fraction of sp³-hybridized carbons (Fsp3) is 0.316. The Bertz CT molecular complexity index is 657. The fourth-order valence-corrected chi connectivity index (χ4v) is 2.44. The summed E-state index contributed by atoms with van der Waals surface area (Å²) in [5, 5.41) is 2.93. The van der Waals surface area contributed by atoms with Crippen LogP contribution in [-0.2, 0) is 4.79 Å². The highest BCUT2D eigenvalue weighted by Gasteiger charge is 2.06. The van der Waals surface area contributed by atoms with Gasteiger partial charge in [-0.3, -0.25) is 4.79 Å². The summed E-state index contributed by atoms with van der Waals surface area (Å²) in [5.41, 5.74) is 5.45. The molecule has 0 saturated carbocycles. The van der Waals surface area contributed by atoms with Gasteiger partial charge in [0, 0.05) is 5.69 Å². The van der Waals surface area contributed by atoms with E-state index in [4.69, 9.17) is 4.74 Å². The first kappa shape index (κ1) is 16.1. The lowest BCUT2D eigenvalue weighted by molar-refractivity contribution is -0.116. The molecule has 0 radical (unpaired) electrons. The van der Waals surface area contributed by atoms with Crippen molar-refractivity contribution in [2.75, 3.05) is 11.9 Å². The predicted octanol–water partition coefficient (Wildman–Crippen LogP) is 4.33. The van der Waals surface area contributed by atoms with Crippen molar-refractivity contribution in [2.45, 2.75) is 34.1 Å². The van der Waals surface area contributed by atoms with Gasteiger partial charge in [-0.15, -0.1) is 0 Å². The van der Waals surface area contributed by atoms with Crippen molar-refractivity contribution in [3.8, 4) is 5.75 Å². The van der Waals surface area contributed by atoms with Crippen LogP contribution in [-0.4, -0.2) is 12.5 Å². The molecule has 0 aliphatic rings. The van der Waals surface area contributed by atoms with E-state index < -0.39 is 0 Å². The predicted molar refractivity (Wildman–Crippen MR) is 90.6 cm³/mol. The van der Waals surface area contributed by atoms with Crippen LogP contribution in [0.2, 0.25) is 0 Å². The van der Waals surface area contributed by atoms with Crippen LogP contribution >= 0.6 is 0 Å². The number of hydrogen-bond donors (Lipinski definition) is 1. The van der Waals surface area contributed by atoms with Gasteiger partial charge in [0.05, 0.1) is 13.0 Å². The van der Waals surface area contributed by atoms with E-state index in [0.717, 1.165) is 28.1 Å². The second-order valence-electron chi connectivity index (χ2n) is 5.79. The molecule has 116 valence electrons. The maximum absolute atomic E-state index is 12.0. The summed E-state index contributed by atoms with van der Waals surface area (Å²) < 4.78 is 5.66. The van der Waals surface area contributed by atoms with Gasteiger partial charge in [0.2, 0.25) is 5.91 Å². The van der Waals surface area contributed by atoms with E-state index in [2.05, 4.69) is 17.4 Å². The zero-order valence-corrected chi connectivity index (χ0v) is 13.7. The van der Waals surface area contributed by atoms with E-state index in [1.807, 2.05) is 52.0 Å². The number of hydrogen-bond acceptors (Lipinski definition) is 2. The maximum atomic E-state index is 12.0. The van der Waals surface area contributed by atoms with Crippen LogP contribution in [0.5, 0.6) is 5.75 Å². The van der Waals surface area contributed by atoms with Crippen molar-refractivity contribution in [1.29, 1.82) is 0 Å². The van der Waals surface area contributed by atoms with Crippen LogP contribution < -0.4 is 10.1 Å². The summed E-state index contributed by atoms with van der Waals surface area (Å²) in [6, 6.07) is 12.0. The minimum absolute atomic E-state index is 0.0312. The summed E-state index contributed by atoms with van der Waals surface area (Å²) in [6.07, 6.45) is 0.334. The lowest BCUT2D eigenvalue weighted by Gasteiger charge is -2.10. The molecular formula is C19H23NO2. The lowest BCUT2D eigenvalue weighted by atomic mass is 10.1. The van der Waals surface area contributed by atoms with Gasteiger partial charge in [-0.25, -0.2) is 0 Å². The number of aryl methyl sites for hydroxylation is 4. The molecule has 3 nitrogen and oxygen atoms in total. The van der Waals surface area contributed by atoms with Crippen molar-refractivity contribution in [2.24, 2.45) is 0 Å². The second kappa shape index (κ2) is 7.12. The molecule has 0 aromatic heterocycles. The van der Waals surface area contributed by atoms with Crippen molar-refractivity contribution in [1.82, 2.24) is 0 Å². The first-order chi connectivity index (χ1) is 10.4. The molecule has 0 fully saturated rings. The van der Waals surface area contributed by atoms with E-state index in [1.165, 1.54) is 5.56 Å². The van der Waals surface area contributed by atoms with Gasteiger partial charge < -0.3 is 10.1 Å². The third kappa shape index (κ3) is 4.62. The molecule has 0 aliphatic heterocycles. The van der Waals surface area contributed by atoms with Crippen LogP contribution in [0.25, 0.3) is 0 Å². The van der Waals surface area contributed by atoms with Crippen LogP contribution in [0.3, 0.4) is 0 Å². The SMILES string of the molecule is Cc1cc(C)cc(OCCC(=O)Nc2ccc(C)cc2C)c1. The number of benzene rings is 2. The summed E-state index contributed by atoms with van der Waals surface area (Å²) in [7, 11) is 0. The molecule has 2 aromatic rings. The molecule has 2 rings (SSSR count). The Balaban J connectivity index is 1.85. The number of carbonyl (C=O) groups is 1. The smallest absolute Gasteiger partial charge is 0.227 e. The molecule has 0 aliphatic carbocycles. The van der Waals surface area contributed by atoms with Crippen molar-refractivity contribution >= 4 is 11.6 Å². The van der Waals surface area contributed by atoms with E-state index in [9.17, 15) is 4.79 Å².